The highest BCUT2D eigenvalue weighted by atomic mass is 19.3. The molecule has 2 aliphatic rings. The minimum Gasteiger partial charge on any atom is -0.429 e. The molecule has 0 spiro atoms. The number of halogens is 7. The monoisotopic (exact) mass is 645 g/mol. The molecule has 0 saturated heterocycles. The highest BCUT2D eigenvalue weighted by Crippen LogP contribution is 2.45. The average Bonchev–Trinajstić information content (AvgIpc) is 3.01. The van der Waals surface area contributed by atoms with Crippen molar-refractivity contribution in [3.63, 3.8) is 0 Å². The van der Waals surface area contributed by atoms with Gasteiger partial charge in [-0.2, -0.15) is 14.0 Å². The largest absolute Gasteiger partial charge is 0.432 e. The van der Waals surface area contributed by atoms with Gasteiger partial charge in [0.2, 0.25) is 0 Å². The van der Waals surface area contributed by atoms with Crippen molar-refractivity contribution >= 4 is 0 Å². The molecule has 0 aliphatic heterocycles. The fourth-order valence-corrected chi connectivity index (χ4v) is 7.50. The maximum absolute atomic E-state index is 15.3. The van der Waals surface area contributed by atoms with Crippen LogP contribution in [0.25, 0.3) is 11.1 Å². The molecule has 2 nitrogen and oxygen atoms in total. The lowest BCUT2D eigenvalue weighted by molar-refractivity contribution is -0.189. The molecule has 0 atom stereocenters. The van der Waals surface area contributed by atoms with E-state index in [1.54, 1.807) is 6.07 Å². The van der Waals surface area contributed by atoms with Crippen LogP contribution in [0.15, 0.2) is 42.5 Å². The van der Waals surface area contributed by atoms with Gasteiger partial charge in [0.25, 0.3) is 0 Å². The van der Waals surface area contributed by atoms with Gasteiger partial charge in [-0.3, -0.25) is 0 Å². The zero-order valence-corrected chi connectivity index (χ0v) is 25.8. The first-order valence-electron chi connectivity index (χ1n) is 16.3. The Labute approximate surface area is 265 Å². The van der Waals surface area contributed by atoms with Crippen LogP contribution in [0.5, 0.6) is 5.75 Å². The Morgan fingerprint density at radius 3 is 1.87 bits per heavy atom. The Balaban J connectivity index is 1.23. The maximum atomic E-state index is 15.3. The lowest BCUT2D eigenvalue weighted by atomic mass is 9.68. The number of alkyl halides is 2. The topological polar surface area (TPSA) is 33.0 Å². The van der Waals surface area contributed by atoms with Crippen molar-refractivity contribution in [3.8, 4) is 22.9 Å². The van der Waals surface area contributed by atoms with E-state index in [2.05, 4.69) is 11.7 Å². The number of nitrogens with zero attached hydrogens (tertiary/aromatic N) is 1. The summed E-state index contributed by atoms with van der Waals surface area (Å²) in [4.78, 5) is 0. The van der Waals surface area contributed by atoms with E-state index in [1.165, 1.54) is 69.6 Å². The zero-order valence-electron chi connectivity index (χ0n) is 25.8. The SMILES string of the molecule is CCCCCC1CCC(C2CCC(c3ccc(-c4cc(F)c(C(F)(F)Oc5cc(F)c(C#N)c(F)c5)c(F)c4)c(F)c3)CC2)CC1. The van der Waals surface area contributed by atoms with Crippen LogP contribution in [0.4, 0.5) is 30.7 Å². The summed E-state index contributed by atoms with van der Waals surface area (Å²) >= 11 is 0. The van der Waals surface area contributed by atoms with Crippen molar-refractivity contribution in [2.75, 3.05) is 0 Å². The van der Waals surface area contributed by atoms with Crippen LogP contribution >= 0.6 is 0 Å². The van der Waals surface area contributed by atoms with E-state index in [1.807, 2.05) is 0 Å². The van der Waals surface area contributed by atoms with Crippen LogP contribution in [0.1, 0.15) is 107 Å². The molecule has 5 rings (SSSR count). The second-order valence-electron chi connectivity index (χ2n) is 12.9. The van der Waals surface area contributed by atoms with Gasteiger partial charge in [-0.05, 0) is 91.5 Å². The summed E-state index contributed by atoms with van der Waals surface area (Å²) in [6.45, 7) is 2.24. The first-order chi connectivity index (χ1) is 22.0. The van der Waals surface area contributed by atoms with Crippen molar-refractivity contribution in [3.05, 3.63) is 88.2 Å². The molecule has 0 N–H and O–H groups in total. The third-order valence-electron chi connectivity index (χ3n) is 10.0. The molecule has 9 heteroatoms. The molecular weight excluding hydrogens is 607 g/mol. The smallest absolute Gasteiger partial charge is 0.429 e. The van der Waals surface area contributed by atoms with Crippen LogP contribution in [0.2, 0.25) is 0 Å². The summed E-state index contributed by atoms with van der Waals surface area (Å²) < 4.78 is 107. The van der Waals surface area contributed by atoms with Gasteiger partial charge in [-0.1, -0.05) is 57.6 Å². The number of hydrogen-bond donors (Lipinski definition) is 0. The molecule has 246 valence electrons. The van der Waals surface area contributed by atoms with Crippen molar-refractivity contribution < 1.29 is 35.5 Å². The molecule has 0 aromatic heterocycles. The predicted octanol–water partition coefficient (Wildman–Crippen LogP) is 11.7. The summed E-state index contributed by atoms with van der Waals surface area (Å²) in [5, 5.41) is 8.73. The molecule has 0 radical (unpaired) electrons. The molecule has 0 amide bonds. The van der Waals surface area contributed by atoms with E-state index in [9.17, 15) is 26.3 Å². The molecule has 0 bridgehead atoms. The number of hydrogen-bond acceptors (Lipinski definition) is 2. The summed E-state index contributed by atoms with van der Waals surface area (Å²) in [5.41, 5.74) is -2.47. The molecule has 2 saturated carbocycles. The Kier molecular flexibility index (Phi) is 10.6. The van der Waals surface area contributed by atoms with E-state index < -0.39 is 52.1 Å². The third-order valence-corrected chi connectivity index (χ3v) is 10.0. The van der Waals surface area contributed by atoms with Crippen LogP contribution in [-0.4, -0.2) is 0 Å². The highest BCUT2D eigenvalue weighted by Gasteiger charge is 2.42. The van der Waals surface area contributed by atoms with E-state index in [0.717, 1.165) is 43.1 Å². The van der Waals surface area contributed by atoms with Gasteiger partial charge in [-0.25, -0.2) is 22.0 Å². The molecule has 3 aromatic rings. The Morgan fingerprint density at radius 2 is 1.33 bits per heavy atom. The summed E-state index contributed by atoms with van der Waals surface area (Å²) in [7, 11) is 0. The van der Waals surface area contributed by atoms with Crippen molar-refractivity contribution in [2.45, 2.75) is 96.0 Å². The van der Waals surface area contributed by atoms with Crippen LogP contribution < -0.4 is 4.74 Å². The average molecular weight is 646 g/mol. The van der Waals surface area contributed by atoms with Gasteiger partial charge in [0.05, 0.1) is 0 Å². The summed E-state index contributed by atoms with van der Waals surface area (Å²) in [5.74, 6) is -5.72. The molecular formula is C37H38F7NO. The highest BCUT2D eigenvalue weighted by molar-refractivity contribution is 5.65. The third kappa shape index (κ3) is 7.53. The van der Waals surface area contributed by atoms with Gasteiger partial charge < -0.3 is 4.74 Å². The van der Waals surface area contributed by atoms with Crippen LogP contribution in [0.3, 0.4) is 0 Å². The fraction of sp³-hybridized carbons (Fsp3) is 0.486. The van der Waals surface area contributed by atoms with Gasteiger partial charge in [0.15, 0.2) is 0 Å². The second kappa shape index (κ2) is 14.5. The Morgan fingerprint density at radius 1 is 0.739 bits per heavy atom. The first kappa shape index (κ1) is 33.8. The van der Waals surface area contributed by atoms with E-state index in [-0.39, 0.29) is 17.0 Å². The van der Waals surface area contributed by atoms with E-state index in [0.29, 0.717) is 30.2 Å². The van der Waals surface area contributed by atoms with E-state index in [4.69, 9.17) is 5.26 Å². The molecule has 0 heterocycles. The van der Waals surface area contributed by atoms with Gasteiger partial charge in [0.1, 0.15) is 52.0 Å². The van der Waals surface area contributed by atoms with Gasteiger partial charge in [-0.15, -0.1) is 0 Å². The molecule has 0 unspecified atom stereocenters. The number of rotatable bonds is 10. The summed E-state index contributed by atoms with van der Waals surface area (Å²) in [6, 6.07) is 7.47. The van der Waals surface area contributed by atoms with E-state index >= 15 is 4.39 Å². The molecule has 2 fully saturated rings. The standard InChI is InChI=1S/C37H38F7NO/c1-2-3-4-5-22-6-8-23(9-7-22)24-10-12-25(13-11-24)26-14-15-29(31(38)16-26)27-17-34(41)36(35(42)18-27)37(43,44)46-28-19-32(39)30(21-45)33(40)20-28/h14-20,22-25H,2-13H2,1H3. The molecule has 46 heavy (non-hydrogen) atoms. The predicted molar refractivity (Wildman–Crippen MR) is 162 cm³/mol. The van der Waals surface area contributed by atoms with Gasteiger partial charge >= 0.3 is 6.11 Å². The lowest BCUT2D eigenvalue weighted by Crippen LogP contribution is -2.25. The summed E-state index contributed by atoms with van der Waals surface area (Å²) in [6.07, 6.45) is 9.89. The number of ether oxygens (including phenoxy) is 1. The fourth-order valence-electron chi connectivity index (χ4n) is 7.50. The normalized spacial score (nSPS) is 22.0. The van der Waals surface area contributed by atoms with Crippen molar-refractivity contribution in [1.29, 1.82) is 5.26 Å². The zero-order chi connectivity index (χ0) is 33.0. The number of unbranched alkanes of at least 4 members (excludes halogenated alkanes) is 2. The van der Waals surface area contributed by atoms with Crippen LogP contribution in [0, 0.1) is 58.2 Å². The Bertz CT molecular complexity index is 1520. The first-order valence-corrected chi connectivity index (χ1v) is 16.3. The molecule has 3 aromatic carbocycles. The van der Waals surface area contributed by atoms with Crippen molar-refractivity contribution in [2.24, 2.45) is 17.8 Å². The van der Waals surface area contributed by atoms with Gasteiger partial charge in [0, 0.05) is 17.7 Å². The Hall–Kier alpha value is -3.54. The second-order valence-corrected chi connectivity index (χ2v) is 12.9. The van der Waals surface area contributed by atoms with Crippen molar-refractivity contribution in [1.82, 2.24) is 0 Å². The quantitative estimate of drug-likeness (QED) is 0.162. The minimum absolute atomic E-state index is 0.155. The number of nitriles is 1. The molecule has 2 aliphatic carbocycles. The van der Waals surface area contributed by atoms with Crippen LogP contribution in [-0.2, 0) is 6.11 Å². The minimum atomic E-state index is -4.69. The lowest BCUT2D eigenvalue weighted by Gasteiger charge is -2.38. The number of benzene rings is 3. The maximum Gasteiger partial charge on any atom is 0.432 e.